The smallest absolute Gasteiger partial charge is 0.255 e. The summed E-state index contributed by atoms with van der Waals surface area (Å²) in [5.74, 6) is 0.957. The highest BCUT2D eigenvalue weighted by Crippen LogP contribution is 2.29. The summed E-state index contributed by atoms with van der Waals surface area (Å²) in [4.78, 5) is 12.6. The van der Waals surface area contributed by atoms with Crippen LogP contribution in [0.25, 0.3) is 0 Å². The van der Waals surface area contributed by atoms with Gasteiger partial charge in [0.2, 0.25) is 0 Å². The van der Waals surface area contributed by atoms with Gasteiger partial charge in [0, 0.05) is 16.2 Å². The largest absolute Gasteiger partial charge is 0.490 e. The van der Waals surface area contributed by atoms with Crippen molar-refractivity contribution < 1.29 is 14.3 Å². The van der Waals surface area contributed by atoms with E-state index >= 15 is 0 Å². The average Bonchev–Trinajstić information content (AvgIpc) is 3.12. The van der Waals surface area contributed by atoms with Crippen LogP contribution in [0.1, 0.15) is 29.8 Å². The molecule has 1 amide bonds. The van der Waals surface area contributed by atoms with Gasteiger partial charge in [-0.05, 0) is 49.7 Å². The molecule has 1 N–H and O–H groups in total. The molecule has 1 aromatic heterocycles. The molecule has 6 nitrogen and oxygen atoms in total. The molecule has 7 heteroatoms. The van der Waals surface area contributed by atoms with Crippen molar-refractivity contribution in [1.82, 2.24) is 9.78 Å². The van der Waals surface area contributed by atoms with Crippen molar-refractivity contribution in [3.63, 3.8) is 0 Å². The van der Waals surface area contributed by atoms with Crippen molar-refractivity contribution >= 4 is 27.5 Å². The zero-order chi connectivity index (χ0) is 19.9. The predicted octanol–water partition coefficient (Wildman–Crippen LogP) is 4.74. The number of rotatable bonds is 8. The summed E-state index contributed by atoms with van der Waals surface area (Å²) in [5.41, 5.74) is 2.25. The molecule has 3 rings (SSSR count). The first kappa shape index (κ1) is 19.9. The maximum atomic E-state index is 12.6. The Labute approximate surface area is 172 Å². The van der Waals surface area contributed by atoms with E-state index in [4.69, 9.17) is 9.47 Å². The van der Waals surface area contributed by atoms with Crippen molar-refractivity contribution in [2.45, 2.75) is 20.4 Å². The summed E-state index contributed by atoms with van der Waals surface area (Å²) in [6.45, 7) is 5.45. The number of anilines is 1. The quantitative estimate of drug-likeness (QED) is 0.545. The van der Waals surface area contributed by atoms with E-state index in [0.29, 0.717) is 42.5 Å². The van der Waals surface area contributed by atoms with Gasteiger partial charge >= 0.3 is 0 Å². The third-order valence-corrected chi connectivity index (χ3v) is 4.48. The molecule has 0 unspecified atom stereocenters. The summed E-state index contributed by atoms with van der Waals surface area (Å²) in [5, 5.41) is 7.18. The first-order chi connectivity index (χ1) is 13.6. The van der Waals surface area contributed by atoms with E-state index < -0.39 is 0 Å². The molecule has 28 heavy (non-hydrogen) atoms. The number of ether oxygens (including phenoxy) is 2. The molecule has 0 bridgehead atoms. The van der Waals surface area contributed by atoms with Crippen molar-refractivity contribution in [3.8, 4) is 11.5 Å². The first-order valence-electron chi connectivity index (χ1n) is 9.07. The van der Waals surface area contributed by atoms with Gasteiger partial charge in [-0.2, -0.15) is 5.10 Å². The number of carbonyl (C=O) groups excluding carboxylic acids is 1. The predicted molar refractivity (Wildman–Crippen MR) is 112 cm³/mol. The Morgan fingerprint density at radius 3 is 2.50 bits per heavy atom. The first-order valence-corrected chi connectivity index (χ1v) is 9.86. The zero-order valence-corrected chi connectivity index (χ0v) is 17.4. The van der Waals surface area contributed by atoms with Gasteiger partial charge < -0.3 is 14.8 Å². The fourth-order valence-electron chi connectivity index (χ4n) is 2.69. The van der Waals surface area contributed by atoms with E-state index in [9.17, 15) is 4.79 Å². The number of carbonyl (C=O) groups is 1. The number of amides is 1. The third kappa shape index (κ3) is 5.13. The molecule has 0 atom stereocenters. The van der Waals surface area contributed by atoms with E-state index in [1.54, 1.807) is 35.3 Å². The van der Waals surface area contributed by atoms with Crippen LogP contribution in [-0.4, -0.2) is 28.9 Å². The van der Waals surface area contributed by atoms with E-state index in [2.05, 4.69) is 26.3 Å². The van der Waals surface area contributed by atoms with Crippen LogP contribution in [0, 0.1) is 0 Å². The van der Waals surface area contributed by atoms with Gasteiger partial charge in [0.1, 0.15) is 0 Å². The summed E-state index contributed by atoms with van der Waals surface area (Å²) in [6, 6.07) is 13.2. The SMILES string of the molecule is CCOc1ccc(C(=O)Nc2cnn(Cc3ccc(Br)cc3)c2)cc1OCC. The van der Waals surface area contributed by atoms with Crippen molar-refractivity contribution in [2.75, 3.05) is 18.5 Å². The van der Waals surface area contributed by atoms with E-state index in [0.717, 1.165) is 10.0 Å². The van der Waals surface area contributed by atoms with Crippen LogP contribution in [0.5, 0.6) is 11.5 Å². The third-order valence-electron chi connectivity index (χ3n) is 3.95. The van der Waals surface area contributed by atoms with Crippen LogP contribution >= 0.6 is 15.9 Å². The molecule has 0 aliphatic carbocycles. The van der Waals surface area contributed by atoms with Crippen molar-refractivity contribution in [2.24, 2.45) is 0 Å². The van der Waals surface area contributed by atoms with Crippen LogP contribution in [-0.2, 0) is 6.54 Å². The zero-order valence-electron chi connectivity index (χ0n) is 15.8. The normalized spacial score (nSPS) is 10.5. The summed E-state index contributed by atoms with van der Waals surface area (Å²) < 4.78 is 13.9. The number of hydrogen-bond donors (Lipinski definition) is 1. The second kappa shape index (κ2) is 9.41. The Morgan fingerprint density at radius 1 is 1.07 bits per heavy atom. The standard InChI is InChI=1S/C21H22BrN3O3/c1-3-27-19-10-7-16(11-20(19)28-4-2)21(26)24-18-12-23-25(14-18)13-15-5-8-17(22)9-6-15/h5-12,14H,3-4,13H2,1-2H3,(H,24,26). The Balaban J connectivity index is 1.68. The Hall–Kier alpha value is -2.80. The molecule has 1 heterocycles. The van der Waals surface area contributed by atoms with E-state index in [1.165, 1.54) is 0 Å². The minimum Gasteiger partial charge on any atom is -0.490 e. The van der Waals surface area contributed by atoms with Gasteiger partial charge in [-0.1, -0.05) is 28.1 Å². The maximum absolute atomic E-state index is 12.6. The molecule has 3 aromatic rings. The number of nitrogens with zero attached hydrogens (tertiary/aromatic N) is 2. The van der Waals surface area contributed by atoms with Crippen LogP contribution < -0.4 is 14.8 Å². The molecular formula is C21H22BrN3O3. The number of halogens is 1. The molecule has 2 aromatic carbocycles. The monoisotopic (exact) mass is 443 g/mol. The number of nitrogens with one attached hydrogen (secondary N) is 1. The minimum atomic E-state index is -0.229. The highest BCUT2D eigenvalue weighted by Gasteiger charge is 2.12. The van der Waals surface area contributed by atoms with Gasteiger partial charge in [-0.3, -0.25) is 9.48 Å². The van der Waals surface area contributed by atoms with Gasteiger partial charge in [-0.15, -0.1) is 0 Å². The minimum absolute atomic E-state index is 0.229. The summed E-state index contributed by atoms with van der Waals surface area (Å²) in [7, 11) is 0. The van der Waals surface area contributed by atoms with Gasteiger partial charge in [0.15, 0.2) is 11.5 Å². The summed E-state index contributed by atoms with van der Waals surface area (Å²) in [6.07, 6.45) is 3.44. The molecule has 146 valence electrons. The lowest BCUT2D eigenvalue weighted by Crippen LogP contribution is -2.12. The fraction of sp³-hybridized carbons (Fsp3) is 0.238. The van der Waals surface area contributed by atoms with Crippen LogP contribution in [0.15, 0.2) is 59.3 Å². The lowest BCUT2D eigenvalue weighted by atomic mass is 10.2. The molecule has 0 fully saturated rings. The number of benzene rings is 2. The molecular weight excluding hydrogens is 422 g/mol. The van der Waals surface area contributed by atoms with E-state index in [-0.39, 0.29) is 5.91 Å². The number of hydrogen-bond acceptors (Lipinski definition) is 4. The van der Waals surface area contributed by atoms with Crippen molar-refractivity contribution in [1.29, 1.82) is 0 Å². The molecule has 0 saturated heterocycles. The lowest BCUT2D eigenvalue weighted by molar-refractivity contribution is 0.102. The Bertz CT molecular complexity index is 938. The highest BCUT2D eigenvalue weighted by atomic mass is 79.9. The van der Waals surface area contributed by atoms with Gasteiger partial charge in [-0.25, -0.2) is 0 Å². The number of aromatic nitrogens is 2. The fourth-order valence-corrected chi connectivity index (χ4v) is 2.95. The molecule has 0 aliphatic rings. The maximum Gasteiger partial charge on any atom is 0.255 e. The molecule has 0 spiro atoms. The van der Waals surface area contributed by atoms with Crippen LogP contribution in [0.4, 0.5) is 5.69 Å². The van der Waals surface area contributed by atoms with Crippen LogP contribution in [0.2, 0.25) is 0 Å². The van der Waals surface area contributed by atoms with Gasteiger partial charge in [0.25, 0.3) is 5.91 Å². The Morgan fingerprint density at radius 2 is 1.79 bits per heavy atom. The van der Waals surface area contributed by atoms with Crippen molar-refractivity contribution in [3.05, 3.63) is 70.5 Å². The molecule has 0 aliphatic heterocycles. The second-order valence-corrected chi connectivity index (χ2v) is 6.95. The Kier molecular flexibility index (Phi) is 6.71. The van der Waals surface area contributed by atoms with E-state index in [1.807, 2.05) is 38.1 Å². The molecule has 0 radical (unpaired) electrons. The van der Waals surface area contributed by atoms with Crippen LogP contribution in [0.3, 0.4) is 0 Å². The highest BCUT2D eigenvalue weighted by molar-refractivity contribution is 9.10. The lowest BCUT2D eigenvalue weighted by Gasteiger charge is -2.12. The molecule has 0 saturated carbocycles. The van der Waals surface area contributed by atoms with Gasteiger partial charge in [0.05, 0.1) is 31.6 Å². The topological polar surface area (TPSA) is 65.4 Å². The second-order valence-electron chi connectivity index (χ2n) is 6.03. The summed E-state index contributed by atoms with van der Waals surface area (Å²) >= 11 is 3.43. The average molecular weight is 444 g/mol.